The summed E-state index contributed by atoms with van der Waals surface area (Å²) in [6, 6.07) is 12.3. The Kier molecular flexibility index (Phi) is 5.17. The van der Waals surface area contributed by atoms with Crippen LogP contribution in [0.4, 0.5) is 10.1 Å². The van der Waals surface area contributed by atoms with E-state index in [0.29, 0.717) is 10.7 Å². The van der Waals surface area contributed by atoms with E-state index >= 15 is 0 Å². The molecule has 0 aliphatic rings. The number of rotatable bonds is 5. The highest BCUT2D eigenvalue weighted by atomic mass is 35.5. The molecule has 0 heterocycles. The SMILES string of the molecule is CCOC(=O)C(Nc1cc(F)ccc1Cl)c1ccccc1. The minimum Gasteiger partial charge on any atom is -0.464 e. The lowest BCUT2D eigenvalue weighted by Gasteiger charge is -2.19. The van der Waals surface area contributed by atoms with Gasteiger partial charge in [-0.05, 0) is 30.7 Å². The van der Waals surface area contributed by atoms with Crippen LogP contribution in [0.1, 0.15) is 18.5 Å². The van der Waals surface area contributed by atoms with Crippen molar-refractivity contribution in [3.05, 3.63) is 64.9 Å². The summed E-state index contributed by atoms with van der Waals surface area (Å²) >= 11 is 6.03. The van der Waals surface area contributed by atoms with Crippen molar-refractivity contribution < 1.29 is 13.9 Å². The predicted octanol–water partition coefficient (Wildman–Crippen LogP) is 4.20. The maximum Gasteiger partial charge on any atom is 0.333 e. The highest BCUT2D eigenvalue weighted by molar-refractivity contribution is 6.33. The summed E-state index contributed by atoms with van der Waals surface area (Å²) in [7, 11) is 0. The van der Waals surface area contributed by atoms with E-state index in [0.717, 1.165) is 5.56 Å². The molecule has 0 amide bonds. The second-order valence-corrected chi connectivity index (χ2v) is 4.77. The predicted molar refractivity (Wildman–Crippen MR) is 80.8 cm³/mol. The Morgan fingerprint density at radius 3 is 2.67 bits per heavy atom. The van der Waals surface area contributed by atoms with Crippen molar-refractivity contribution in [2.45, 2.75) is 13.0 Å². The number of hydrogen-bond acceptors (Lipinski definition) is 3. The lowest BCUT2D eigenvalue weighted by molar-refractivity contribution is -0.144. The van der Waals surface area contributed by atoms with Crippen molar-refractivity contribution in [1.29, 1.82) is 0 Å². The van der Waals surface area contributed by atoms with Crippen LogP contribution in [0.3, 0.4) is 0 Å². The smallest absolute Gasteiger partial charge is 0.333 e. The average molecular weight is 308 g/mol. The lowest BCUT2D eigenvalue weighted by Crippen LogP contribution is -2.23. The van der Waals surface area contributed by atoms with Crippen LogP contribution in [-0.4, -0.2) is 12.6 Å². The zero-order valence-corrected chi connectivity index (χ0v) is 12.2. The molecule has 2 aromatic carbocycles. The quantitative estimate of drug-likeness (QED) is 0.842. The third kappa shape index (κ3) is 3.95. The van der Waals surface area contributed by atoms with E-state index in [4.69, 9.17) is 16.3 Å². The first kappa shape index (κ1) is 15.3. The van der Waals surface area contributed by atoms with Crippen LogP contribution in [0, 0.1) is 5.82 Å². The molecule has 0 fully saturated rings. The molecule has 3 nitrogen and oxygen atoms in total. The summed E-state index contributed by atoms with van der Waals surface area (Å²) < 4.78 is 18.4. The summed E-state index contributed by atoms with van der Waals surface area (Å²) in [5.41, 5.74) is 1.06. The highest BCUT2D eigenvalue weighted by Gasteiger charge is 2.22. The fraction of sp³-hybridized carbons (Fsp3) is 0.188. The summed E-state index contributed by atoms with van der Waals surface area (Å²) in [6.45, 7) is 2.00. The van der Waals surface area contributed by atoms with Gasteiger partial charge in [-0.3, -0.25) is 0 Å². The summed E-state index contributed by atoms with van der Waals surface area (Å²) in [6.07, 6.45) is 0. The summed E-state index contributed by atoms with van der Waals surface area (Å²) in [5, 5.41) is 3.28. The van der Waals surface area contributed by atoms with Gasteiger partial charge in [-0.1, -0.05) is 41.9 Å². The van der Waals surface area contributed by atoms with Gasteiger partial charge in [0.05, 0.1) is 17.3 Å². The van der Waals surface area contributed by atoms with Gasteiger partial charge >= 0.3 is 5.97 Å². The topological polar surface area (TPSA) is 38.3 Å². The number of ether oxygens (including phenoxy) is 1. The van der Waals surface area contributed by atoms with Crippen molar-refractivity contribution in [2.24, 2.45) is 0 Å². The molecule has 0 radical (unpaired) electrons. The van der Waals surface area contributed by atoms with Gasteiger partial charge < -0.3 is 10.1 Å². The second-order valence-electron chi connectivity index (χ2n) is 4.36. The molecule has 0 spiro atoms. The summed E-state index contributed by atoms with van der Waals surface area (Å²) in [5.74, 6) is -0.874. The number of esters is 1. The van der Waals surface area contributed by atoms with Crippen molar-refractivity contribution in [2.75, 3.05) is 11.9 Å². The molecule has 5 heteroatoms. The first-order chi connectivity index (χ1) is 10.1. The molecule has 2 aromatic rings. The standard InChI is InChI=1S/C16H15ClFNO2/c1-2-21-16(20)15(11-6-4-3-5-7-11)19-14-10-12(18)8-9-13(14)17/h3-10,15,19H,2H2,1H3. The van der Waals surface area contributed by atoms with E-state index < -0.39 is 17.8 Å². The minimum absolute atomic E-state index is 0.265. The number of hydrogen-bond donors (Lipinski definition) is 1. The van der Waals surface area contributed by atoms with Crippen molar-refractivity contribution in [3.8, 4) is 0 Å². The van der Waals surface area contributed by atoms with Gasteiger partial charge in [0.2, 0.25) is 0 Å². The van der Waals surface area contributed by atoms with E-state index in [9.17, 15) is 9.18 Å². The van der Waals surface area contributed by atoms with Crippen molar-refractivity contribution in [1.82, 2.24) is 0 Å². The van der Waals surface area contributed by atoms with Gasteiger partial charge in [0.25, 0.3) is 0 Å². The third-order valence-electron chi connectivity index (χ3n) is 2.88. The van der Waals surface area contributed by atoms with Gasteiger partial charge in [-0.25, -0.2) is 9.18 Å². The van der Waals surface area contributed by atoms with Gasteiger partial charge in [-0.2, -0.15) is 0 Å². The van der Waals surface area contributed by atoms with Crippen LogP contribution < -0.4 is 5.32 Å². The Balaban J connectivity index is 2.32. The van der Waals surface area contributed by atoms with E-state index in [1.807, 2.05) is 18.2 Å². The van der Waals surface area contributed by atoms with Gasteiger partial charge in [-0.15, -0.1) is 0 Å². The summed E-state index contributed by atoms with van der Waals surface area (Å²) in [4.78, 5) is 12.1. The average Bonchev–Trinajstić information content (AvgIpc) is 2.49. The highest BCUT2D eigenvalue weighted by Crippen LogP contribution is 2.27. The Bertz CT molecular complexity index is 619. The Hall–Kier alpha value is -2.07. The molecule has 0 aromatic heterocycles. The molecule has 1 atom stereocenters. The zero-order valence-electron chi connectivity index (χ0n) is 11.5. The van der Waals surface area contributed by atoms with Crippen LogP contribution in [0.2, 0.25) is 5.02 Å². The molecule has 0 saturated heterocycles. The molecule has 0 aliphatic carbocycles. The molecule has 1 unspecified atom stereocenters. The fourth-order valence-electron chi connectivity index (χ4n) is 1.91. The lowest BCUT2D eigenvalue weighted by atomic mass is 10.1. The number of nitrogens with one attached hydrogen (secondary N) is 1. The van der Waals surface area contributed by atoms with E-state index in [1.54, 1.807) is 19.1 Å². The Morgan fingerprint density at radius 1 is 1.29 bits per heavy atom. The molecular formula is C16H15ClFNO2. The maximum atomic E-state index is 13.3. The van der Waals surface area contributed by atoms with E-state index in [-0.39, 0.29) is 6.61 Å². The first-order valence-corrected chi connectivity index (χ1v) is 6.92. The van der Waals surface area contributed by atoms with Crippen LogP contribution in [0.5, 0.6) is 0 Å². The number of benzene rings is 2. The van der Waals surface area contributed by atoms with E-state index in [2.05, 4.69) is 5.32 Å². The fourth-order valence-corrected chi connectivity index (χ4v) is 2.09. The van der Waals surface area contributed by atoms with Gasteiger partial charge in [0.15, 0.2) is 6.04 Å². The Labute approximate surface area is 127 Å². The normalized spacial score (nSPS) is 11.8. The monoisotopic (exact) mass is 307 g/mol. The van der Waals surface area contributed by atoms with Crippen LogP contribution >= 0.6 is 11.6 Å². The molecule has 0 aliphatic heterocycles. The first-order valence-electron chi connectivity index (χ1n) is 6.55. The maximum absolute atomic E-state index is 13.3. The molecule has 110 valence electrons. The molecule has 0 bridgehead atoms. The molecule has 0 saturated carbocycles. The van der Waals surface area contributed by atoms with Crippen molar-refractivity contribution >= 4 is 23.3 Å². The molecule has 21 heavy (non-hydrogen) atoms. The van der Waals surface area contributed by atoms with Crippen molar-refractivity contribution in [3.63, 3.8) is 0 Å². The molecule has 2 rings (SSSR count). The van der Waals surface area contributed by atoms with Gasteiger partial charge in [0.1, 0.15) is 5.82 Å². The third-order valence-corrected chi connectivity index (χ3v) is 3.21. The number of anilines is 1. The Morgan fingerprint density at radius 2 is 2.00 bits per heavy atom. The number of carbonyl (C=O) groups is 1. The zero-order chi connectivity index (χ0) is 15.2. The number of halogens is 2. The van der Waals surface area contributed by atoms with Crippen LogP contribution in [-0.2, 0) is 9.53 Å². The largest absolute Gasteiger partial charge is 0.464 e. The van der Waals surface area contributed by atoms with Crippen LogP contribution in [0.15, 0.2) is 48.5 Å². The van der Waals surface area contributed by atoms with Crippen LogP contribution in [0.25, 0.3) is 0 Å². The molecule has 1 N–H and O–H groups in total. The number of carbonyl (C=O) groups excluding carboxylic acids is 1. The van der Waals surface area contributed by atoms with Gasteiger partial charge in [0, 0.05) is 0 Å². The van der Waals surface area contributed by atoms with E-state index in [1.165, 1.54) is 18.2 Å². The second kappa shape index (κ2) is 7.09. The minimum atomic E-state index is -0.745. The molecular weight excluding hydrogens is 293 g/mol.